The van der Waals surface area contributed by atoms with Crippen molar-refractivity contribution in [1.82, 2.24) is 9.88 Å². The summed E-state index contributed by atoms with van der Waals surface area (Å²) in [6.45, 7) is 8.44. The Bertz CT molecular complexity index is 1140. The number of pyridine rings is 1. The van der Waals surface area contributed by atoms with Gasteiger partial charge in [-0.1, -0.05) is 19.1 Å². The Hall–Kier alpha value is -3.19. The molecule has 0 unspecified atom stereocenters. The molecule has 0 amide bonds. The molecule has 0 bridgehead atoms. The van der Waals surface area contributed by atoms with Crippen LogP contribution in [0.1, 0.15) is 41.8 Å². The monoisotopic (exact) mass is 435 g/mol. The molecular weight excluding hydrogens is 406 g/mol. The highest BCUT2D eigenvalue weighted by atomic mass is 16.5. The van der Waals surface area contributed by atoms with Crippen molar-refractivity contribution in [3.8, 4) is 0 Å². The van der Waals surface area contributed by atoms with Crippen LogP contribution in [0.25, 0.3) is 11.0 Å². The fraction of sp³-hybridized carbons (Fsp3) is 0.400. The molecule has 32 heavy (non-hydrogen) atoms. The first-order chi connectivity index (χ1) is 15.6. The number of aromatic nitrogens is 1. The van der Waals surface area contributed by atoms with Crippen molar-refractivity contribution in [3.63, 3.8) is 0 Å². The minimum Gasteiger partial charge on any atom is -0.462 e. The van der Waals surface area contributed by atoms with E-state index in [-0.39, 0.29) is 11.6 Å². The maximum absolute atomic E-state index is 12.1. The van der Waals surface area contributed by atoms with E-state index in [1.54, 1.807) is 25.3 Å². The molecule has 3 aromatic rings. The first-order valence-electron chi connectivity index (χ1n) is 11.2. The molecule has 1 aliphatic heterocycles. The molecule has 2 aromatic heterocycles. The van der Waals surface area contributed by atoms with Crippen LogP contribution in [0.3, 0.4) is 0 Å². The summed E-state index contributed by atoms with van der Waals surface area (Å²) in [4.78, 5) is 33.1. The van der Waals surface area contributed by atoms with Crippen molar-refractivity contribution in [2.75, 3.05) is 37.7 Å². The second kappa shape index (κ2) is 9.96. The lowest BCUT2D eigenvalue weighted by Crippen LogP contribution is -2.31. The Morgan fingerprint density at radius 3 is 2.72 bits per heavy atom. The number of esters is 1. The van der Waals surface area contributed by atoms with E-state index >= 15 is 0 Å². The van der Waals surface area contributed by atoms with Gasteiger partial charge in [0.1, 0.15) is 11.4 Å². The summed E-state index contributed by atoms with van der Waals surface area (Å²) >= 11 is 0. The average molecular weight is 436 g/mol. The normalized spacial score (nSPS) is 15.0. The van der Waals surface area contributed by atoms with Gasteiger partial charge in [0.25, 0.3) is 0 Å². The van der Waals surface area contributed by atoms with Crippen molar-refractivity contribution >= 4 is 22.8 Å². The quantitative estimate of drug-likeness (QED) is 0.432. The molecule has 0 spiro atoms. The van der Waals surface area contributed by atoms with Crippen molar-refractivity contribution in [2.45, 2.75) is 33.2 Å². The topological polar surface area (TPSA) is 75.9 Å². The molecule has 0 aliphatic carbocycles. The highest BCUT2D eigenvalue weighted by Gasteiger charge is 2.18. The average Bonchev–Trinajstić information content (AvgIpc) is 3.04. The predicted molar refractivity (Wildman–Crippen MR) is 124 cm³/mol. The van der Waals surface area contributed by atoms with Crippen LogP contribution < -0.4 is 10.5 Å². The van der Waals surface area contributed by atoms with Crippen LogP contribution >= 0.6 is 0 Å². The number of nitrogens with zero attached hydrogens (tertiary/aromatic N) is 3. The number of carbonyl (C=O) groups excluding carboxylic acids is 1. The van der Waals surface area contributed by atoms with Gasteiger partial charge >= 0.3 is 11.6 Å². The van der Waals surface area contributed by atoms with Gasteiger partial charge in [-0.2, -0.15) is 0 Å². The molecule has 1 aromatic carbocycles. The summed E-state index contributed by atoms with van der Waals surface area (Å²) in [6, 6.07) is 11.4. The third-order valence-corrected chi connectivity index (χ3v) is 5.87. The van der Waals surface area contributed by atoms with E-state index in [2.05, 4.69) is 33.8 Å². The Morgan fingerprint density at radius 1 is 1.09 bits per heavy atom. The van der Waals surface area contributed by atoms with Crippen LogP contribution in [-0.4, -0.2) is 48.6 Å². The number of hydrogen-bond acceptors (Lipinski definition) is 7. The maximum Gasteiger partial charge on any atom is 0.339 e. The van der Waals surface area contributed by atoms with E-state index in [0.717, 1.165) is 61.4 Å². The van der Waals surface area contributed by atoms with E-state index in [9.17, 15) is 9.59 Å². The van der Waals surface area contributed by atoms with Gasteiger partial charge < -0.3 is 14.1 Å². The third kappa shape index (κ3) is 4.99. The molecule has 4 rings (SSSR count). The molecule has 1 fully saturated rings. The number of rotatable bonds is 6. The first kappa shape index (κ1) is 22.0. The summed E-state index contributed by atoms with van der Waals surface area (Å²) in [7, 11) is 0. The highest BCUT2D eigenvalue weighted by molar-refractivity contribution is 5.89. The molecular formula is C25H29N3O4. The number of carbonyl (C=O) groups is 1. The molecule has 3 heterocycles. The zero-order valence-corrected chi connectivity index (χ0v) is 18.7. The molecule has 0 atom stereocenters. The molecule has 1 aliphatic rings. The standard InChI is InChI=1S/C25H29N3O4/c1-3-18-6-8-21-20(15-24(29)32-22(21)14-18)17-27-10-5-11-28(13-12-27)23-9-7-19(16-26-23)25(30)31-4-2/h6-9,14-16H,3-5,10-13,17H2,1-2H3. The molecule has 1 saturated heterocycles. The van der Waals surface area contributed by atoms with Crippen molar-refractivity contribution < 1.29 is 13.9 Å². The lowest BCUT2D eigenvalue weighted by atomic mass is 10.1. The second-order valence-corrected chi connectivity index (χ2v) is 8.02. The number of anilines is 1. The molecule has 0 saturated carbocycles. The summed E-state index contributed by atoms with van der Waals surface area (Å²) in [6.07, 6.45) is 3.47. The van der Waals surface area contributed by atoms with Crippen LogP contribution in [0.15, 0.2) is 51.8 Å². The maximum atomic E-state index is 12.1. The molecule has 7 nitrogen and oxygen atoms in total. The lowest BCUT2D eigenvalue weighted by Gasteiger charge is -2.23. The SMILES string of the molecule is CCOC(=O)c1ccc(N2CCCN(Cc3cc(=O)oc4cc(CC)ccc34)CC2)nc1. The molecule has 168 valence electrons. The van der Waals surface area contributed by atoms with Crippen LogP contribution in [-0.2, 0) is 17.7 Å². The van der Waals surface area contributed by atoms with Crippen molar-refractivity contribution in [3.05, 3.63) is 69.7 Å². The van der Waals surface area contributed by atoms with E-state index in [0.29, 0.717) is 24.3 Å². The summed E-state index contributed by atoms with van der Waals surface area (Å²) in [5.41, 5.74) is 2.99. The lowest BCUT2D eigenvalue weighted by molar-refractivity contribution is 0.0526. The van der Waals surface area contributed by atoms with Gasteiger partial charge in [0.05, 0.1) is 12.2 Å². The summed E-state index contributed by atoms with van der Waals surface area (Å²) < 4.78 is 10.5. The van der Waals surface area contributed by atoms with Crippen LogP contribution in [0, 0.1) is 0 Å². The minimum absolute atomic E-state index is 0.303. The number of fused-ring (bicyclic) bond motifs is 1. The fourth-order valence-corrected chi connectivity index (χ4v) is 4.13. The van der Waals surface area contributed by atoms with Gasteiger partial charge in [-0.05, 0) is 49.1 Å². The Kier molecular flexibility index (Phi) is 6.85. The van der Waals surface area contributed by atoms with E-state index < -0.39 is 0 Å². The summed E-state index contributed by atoms with van der Waals surface area (Å²) in [5, 5.41) is 0.999. The first-order valence-corrected chi connectivity index (χ1v) is 11.2. The third-order valence-electron chi connectivity index (χ3n) is 5.87. The van der Waals surface area contributed by atoms with E-state index in [1.807, 2.05) is 12.1 Å². The van der Waals surface area contributed by atoms with Crippen molar-refractivity contribution in [1.29, 1.82) is 0 Å². The van der Waals surface area contributed by atoms with Gasteiger partial charge in [-0.25, -0.2) is 14.6 Å². The largest absolute Gasteiger partial charge is 0.462 e. The number of benzene rings is 1. The van der Waals surface area contributed by atoms with Crippen LogP contribution in [0.4, 0.5) is 5.82 Å². The molecule has 7 heteroatoms. The smallest absolute Gasteiger partial charge is 0.339 e. The van der Waals surface area contributed by atoms with Crippen LogP contribution in [0.5, 0.6) is 0 Å². The second-order valence-electron chi connectivity index (χ2n) is 8.02. The van der Waals surface area contributed by atoms with Gasteiger partial charge in [0.15, 0.2) is 0 Å². The van der Waals surface area contributed by atoms with Gasteiger partial charge in [0, 0.05) is 50.4 Å². The molecule has 0 radical (unpaired) electrons. The Balaban J connectivity index is 1.45. The zero-order valence-electron chi connectivity index (χ0n) is 18.7. The van der Waals surface area contributed by atoms with Gasteiger partial charge in [0.2, 0.25) is 0 Å². The predicted octanol–water partition coefficient (Wildman–Crippen LogP) is 3.64. The number of ether oxygens (including phenoxy) is 1. The Morgan fingerprint density at radius 2 is 1.97 bits per heavy atom. The highest BCUT2D eigenvalue weighted by Crippen LogP contribution is 2.22. The van der Waals surface area contributed by atoms with E-state index in [1.165, 1.54) is 0 Å². The van der Waals surface area contributed by atoms with Gasteiger partial charge in [-0.3, -0.25) is 4.90 Å². The fourth-order valence-electron chi connectivity index (χ4n) is 4.13. The van der Waals surface area contributed by atoms with Gasteiger partial charge in [-0.15, -0.1) is 0 Å². The number of hydrogen-bond donors (Lipinski definition) is 0. The summed E-state index contributed by atoms with van der Waals surface area (Å²) in [5.74, 6) is 0.511. The Labute approximate surface area is 187 Å². The number of aryl methyl sites for hydroxylation is 1. The zero-order chi connectivity index (χ0) is 22.5. The minimum atomic E-state index is -0.348. The van der Waals surface area contributed by atoms with E-state index in [4.69, 9.17) is 9.15 Å². The van der Waals surface area contributed by atoms with Crippen molar-refractivity contribution in [2.24, 2.45) is 0 Å². The van der Waals surface area contributed by atoms with Crippen LogP contribution in [0.2, 0.25) is 0 Å². The molecule has 0 N–H and O–H groups in total.